The number of halogens is 3. The van der Waals surface area contributed by atoms with Gasteiger partial charge in [0, 0.05) is 20.1 Å². The van der Waals surface area contributed by atoms with Gasteiger partial charge in [-0.3, -0.25) is 0 Å². The van der Waals surface area contributed by atoms with E-state index in [0.29, 0.717) is 19.0 Å². The van der Waals surface area contributed by atoms with Crippen molar-refractivity contribution in [2.24, 2.45) is 0 Å². The summed E-state index contributed by atoms with van der Waals surface area (Å²) < 4.78 is 41.2. The van der Waals surface area contributed by atoms with Crippen molar-refractivity contribution in [1.82, 2.24) is 9.55 Å². The van der Waals surface area contributed by atoms with E-state index in [9.17, 15) is 8.78 Å². The van der Waals surface area contributed by atoms with Gasteiger partial charge in [0.15, 0.2) is 0 Å². The molecule has 0 aliphatic carbocycles. The minimum absolute atomic E-state index is 0.115. The summed E-state index contributed by atoms with van der Waals surface area (Å²) >= 11 is 3.02. The number of rotatable bonds is 6. The van der Waals surface area contributed by atoms with Gasteiger partial charge in [-0.25, -0.2) is 13.8 Å². The molecule has 142 valence electrons. The van der Waals surface area contributed by atoms with E-state index >= 15 is 0 Å². The van der Waals surface area contributed by atoms with Crippen LogP contribution in [0.2, 0.25) is 0 Å². The zero-order valence-electron chi connectivity index (χ0n) is 14.8. The lowest BCUT2D eigenvalue weighted by Gasteiger charge is -2.27. The molecule has 0 N–H and O–H groups in total. The molecule has 7 heteroatoms. The Balaban J connectivity index is 1.76. The van der Waals surface area contributed by atoms with Crippen LogP contribution in [0.25, 0.3) is 11.0 Å². The molecule has 0 saturated carbocycles. The van der Waals surface area contributed by atoms with Crippen molar-refractivity contribution in [3.63, 3.8) is 0 Å². The van der Waals surface area contributed by atoms with Gasteiger partial charge in [0.05, 0.1) is 34.8 Å². The van der Waals surface area contributed by atoms with Crippen LogP contribution < -0.4 is 0 Å². The molecule has 1 aliphatic rings. The zero-order valence-corrected chi connectivity index (χ0v) is 16.4. The van der Waals surface area contributed by atoms with Gasteiger partial charge in [-0.15, -0.1) is 0 Å². The van der Waals surface area contributed by atoms with E-state index in [0.717, 1.165) is 35.7 Å². The monoisotopic (exact) mass is 436 g/mol. The highest BCUT2D eigenvalue weighted by atomic mass is 79.9. The molecule has 0 bridgehead atoms. The molecule has 1 fully saturated rings. The number of benzene rings is 2. The molecule has 2 heterocycles. The third kappa shape index (κ3) is 3.77. The largest absolute Gasteiger partial charge is 0.380 e. The molecule has 1 aromatic heterocycles. The first-order chi connectivity index (χ1) is 13.0. The molecule has 0 amide bonds. The van der Waals surface area contributed by atoms with Crippen molar-refractivity contribution in [2.75, 3.05) is 13.7 Å². The Morgan fingerprint density at radius 2 is 2.07 bits per heavy atom. The topological polar surface area (TPSA) is 36.3 Å². The highest BCUT2D eigenvalue weighted by Gasteiger charge is 2.22. The average Bonchev–Trinajstić information content (AvgIpc) is 2.93. The van der Waals surface area contributed by atoms with Gasteiger partial charge in [-0.1, -0.05) is 6.07 Å². The number of hydrogen-bond acceptors (Lipinski definition) is 3. The predicted octanol–water partition coefficient (Wildman–Crippen LogP) is 4.60. The van der Waals surface area contributed by atoms with E-state index in [-0.39, 0.29) is 22.6 Å². The summed E-state index contributed by atoms with van der Waals surface area (Å²) in [5.41, 5.74) is 3.09. The average molecular weight is 437 g/mol. The molecule has 1 atom stereocenters. The molecule has 1 saturated heterocycles. The van der Waals surface area contributed by atoms with Crippen molar-refractivity contribution in [3.8, 4) is 0 Å². The number of imidazole rings is 1. The Morgan fingerprint density at radius 1 is 1.26 bits per heavy atom. The first-order valence-corrected chi connectivity index (χ1v) is 9.56. The highest BCUT2D eigenvalue weighted by Crippen LogP contribution is 2.26. The summed E-state index contributed by atoms with van der Waals surface area (Å²) in [7, 11) is 1.65. The summed E-state index contributed by atoms with van der Waals surface area (Å²) in [5, 5.41) is 0. The summed E-state index contributed by atoms with van der Waals surface area (Å²) in [6, 6.07) is 8.31. The molecule has 2 aromatic carbocycles. The molecular weight excluding hydrogens is 418 g/mol. The lowest BCUT2D eigenvalue weighted by atomic mass is 10.1. The van der Waals surface area contributed by atoms with Crippen LogP contribution in [0, 0.1) is 11.6 Å². The van der Waals surface area contributed by atoms with Gasteiger partial charge in [0.2, 0.25) is 0 Å². The minimum Gasteiger partial charge on any atom is -0.380 e. The lowest BCUT2D eigenvalue weighted by molar-refractivity contribution is -0.0589. The summed E-state index contributed by atoms with van der Waals surface area (Å²) in [4.78, 5) is 4.68. The van der Waals surface area contributed by atoms with Crippen LogP contribution >= 0.6 is 15.9 Å². The Bertz CT molecular complexity index is 986. The molecule has 0 radical (unpaired) electrons. The zero-order chi connectivity index (χ0) is 19.0. The lowest BCUT2D eigenvalue weighted by Crippen LogP contribution is -2.31. The second-order valence-corrected chi connectivity index (χ2v) is 7.57. The Morgan fingerprint density at radius 3 is 2.78 bits per heavy atom. The van der Waals surface area contributed by atoms with E-state index < -0.39 is 11.6 Å². The van der Waals surface area contributed by atoms with E-state index in [2.05, 4.69) is 25.5 Å². The standard InChI is InChI=1S/C20H19BrF2N2O2/c1-26-11-12-2-3-18-19(6-12)25(10-14-4-5-27-14)20(24-18)8-13-7-17(23)15(21)9-16(13)22/h2-3,6-7,9,14H,4-5,8,10-11H2,1H3/t14-/m0/s1. The number of ether oxygens (including phenoxy) is 2. The van der Waals surface area contributed by atoms with Crippen LogP contribution in [0.4, 0.5) is 8.78 Å². The first-order valence-electron chi connectivity index (χ1n) is 8.77. The van der Waals surface area contributed by atoms with E-state index in [4.69, 9.17) is 9.47 Å². The second kappa shape index (κ2) is 7.66. The molecule has 3 aromatic rings. The van der Waals surface area contributed by atoms with Crippen molar-refractivity contribution in [2.45, 2.75) is 32.1 Å². The SMILES string of the molecule is COCc1ccc2nc(Cc3cc(F)c(Br)cc3F)n(C[C@@H]3CCO3)c2c1. The molecule has 0 unspecified atom stereocenters. The van der Waals surface area contributed by atoms with Crippen LogP contribution in [0.5, 0.6) is 0 Å². The van der Waals surface area contributed by atoms with Crippen molar-refractivity contribution >= 4 is 27.0 Å². The number of nitrogens with zero attached hydrogens (tertiary/aromatic N) is 2. The van der Waals surface area contributed by atoms with Gasteiger partial charge in [0.25, 0.3) is 0 Å². The van der Waals surface area contributed by atoms with Crippen molar-refractivity contribution < 1.29 is 18.3 Å². The number of aromatic nitrogens is 2. The maximum absolute atomic E-state index is 14.3. The Hall–Kier alpha value is -1.83. The fourth-order valence-corrected chi connectivity index (χ4v) is 3.63. The third-order valence-electron chi connectivity index (χ3n) is 4.82. The first kappa shape index (κ1) is 18.5. The smallest absolute Gasteiger partial charge is 0.137 e. The highest BCUT2D eigenvalue weighted by molar-refractivity contribution is 9.10. The summed E-state index contributed by atoms with van der Waals surface area (Å²) in [6.07, 6.45) is 1.31. The Kier molecular flexibility index (Phi) is 5.25. The van der Waals surface area contributed by atoms with Crippen LogP contribution in [0.3, 0.4) is 0 Å². The third-order valence-corrected chi connectivity index (χ3v) is 5.43. The maximum atomic E-state index is 14.3. The molecule has 4 rings (SSSR count). The molecule has 27 heavy (non-hydrogen) atoms. The van der Waals surface area contributed by atoms with Crippen molar-refractivity contribution in [1.29, 1.82) is 0 Å². The predicted molar refractivity (Wildman–Crippen MR) is 102 cm³/mol. The van der Waals surface area contributed by atoms with Gasteiger partial charge >= 0.3 is 0 Å². The summed E-state index contributed by atoms with van der Waals surface area (Å²) in [5.74, 6) is -0.253. The van der Waals surface area contributed by atoms with E-state index in [1.54, 1.807) is 7.11 Å². The molecule has 0 spiro atoms. The maximum Gasteiger partial charge on any atom is 0.137 e. The van der Waals surface area contributed by atoms with Crippen molar-refractivity contribution in [3.05, 3.63) is 63.4 Å². The van der Waals surface area contributed by atoms with E-state index in [1.165, 1.54) is 6.07 Å². The van der Waals surface area contributed by atoms with Crippen LogP contribution in [-0.4, -0.2) is 29.4 Å². The molecule has 1 aliphatic heterocycles. The number of methoxy groups -OCH3 is 1. The fraction of sp³-hybridized carbons (Fsp3) is 0.350. The van der Waals surface area contributed by atoms with Gasteiger partial charge in [-0.05, 0) is 57.7 Å². The second-order valence-electron chi connectivity index (χ2n) is 6.71. The van der Waals surface area contributed by atoms with Gasteiger partial charge < -0.3 is 14.0 Å². The van der Waals surface area contributed by atoms with E-state index in [1.807, 2.05) is 18.2 Å². The van der Waals surface area contributed by atoms with Crippen LogP contribution in [-0.2, 0) is 29.0 Å². The van der Waals surface area contributed by atoms with Gasteiger partial charge in [-0.2, -0.15) is 0 Å². The fourth-order valence-electron chi connectivity index (χ4n) is 3.32. The quantitative estimate of drug-likeness (QED) is 0.529. The summed E-state index contributed by atoms with van der Waals surface area (Å²) in [6.45, 7) is 1.90. The normalized spacial score (nSPS) is 16.7. The van der Waals surface area contributed by atoms with Crippen LogP contribution in [0.1, 0.15) is 23.4 Å². The number of fused-ring (bicyclic) bond motifs is 1. The number of hydrogen-bond donors (Lipinski definition) is 0. The minimum atomic E-state index is -0.487. The molecular formula is C20H19BrF2N2O2. The van der Waals surface area contributed by atoms with Crippen LogP contribution in [0.15, 0.2) is 34.8 Å². The Labute approximate surface area is 164 Å². The van der Waals surface area contributed by atoms with Gasteiger partial charge in [0.1, 0.15) is 17.5 Å². The molecule has 4 nitrogen and oxygen atoms in total.